The molecule has 76 valence electrons. The number of anilines is 1. The van der Waals surface area contributed by atoms with Gasteiger partial charge in [-0.25, -0.2) is 0 Å². The Balaban J connectivity index is 3.10. The zero-order valence-corrected chi connectivity index (χ0v) is 9.63. The van der Waals surface area contributed by atoms with Crippen molar-refractivity contribution in [2.75, 3.05) is 12.4 Å². The van der Waals surface area contributed by atoms with E-state index in [2.05, 4.69) is 17.5 Å². The molecule has 0 radical (unpaired) electrons. The van der Waals surface area contributed by atoms with Crippen molar-refractivity contribution in [3.05, 3.63) is 22.2 Å². The van der Waals surface area contributed by atoms with Gasteiger partial charge in [-0.1, -0.05) is 23.2 Å². The van der Waals surface area contributed by atoms with E-state index in [4.69, 9.17) is 33.7 Å². The quantitative estimate of drug-likeness (QED) is 0.793. The molecule has 0 unspecified atom stereocenters. The van der Waals surface area contributed by atoms with Gasteiger partial charge in [-0.05, 0) is 18.3 Å². The normalized spacial score (nSPS) is 9.64. The van der Waals surface area contributed by atoms with E-state index < -0.39 is 0 Å². The van der Waals surface area contributed by atoms with Crippen LogP contribution in [0.2, 0.25) is 10.0 Å². The van der Waals surface area contributed by atoms with Crippen LogP contribution in [0.15, 0.2) is 12.1 Å². The van der Waals surface area contributed by atoms with Crippen molar-refractivity contribution in [2.24, 2.45) is 5.73 Å². The number of benzene rings is 1. The highest BCUT2D eigenvalue weighted by Crippen LogP contribution is 2.33. The molecular formula is C8H8Cl2N2OS. The average Bonchev–Trinajstić information content (AvgIpc) is 2.09. The first-order valence-electron chi connectivity index (χ1n) is 3.64. The number of ether oxygens (including phenoxy) is 1. The summed E-state index contributed by atoms with van der Waals surface area (Å²) >= 11 is 16.4. The molecular weight excluding hydrogens is 243 g/mol. The monoisotopic (exact) mass is 250 g/mol. The highest BCUT2D eigenvalue weighted by molar-refractivity contribution is 7.80. The lowest BCUT2D eigenvalue weighted by Crippen LogP contribution is -2.19. The predicted octanol–water partition coefficient (Wildman–Crippen LogP) is 2.66. The molecule has 1 aromatic carbocycles. The second kappa shape index (κ2) is 4.68. The van der Waals surface area contributed by atoms with Crippen LogP contribution in [-0.2, 0) is 0 Å². The number of rotatable bonds is 2. The molecule has 3 nitrogen and oxygen atoms in total. The first-order chi connectivity index (χ1) is 6.54. The minimum Gasteiger partial charge on any atom is -0.495 e. The summed E-state index contributed by atoms with van der Waals surface area (Å²) in [6, 6.07) is 3.19. The molecule has 0 aliphatic carbocycles. The third kappa shape index (κ3) is 2.64. The van der Waals surface area contributed by atoms with Crippen LogP contribution in [0.3, 0.4) is 0 Å². The summed E-state index contributed by atoms with van der Waals surface area (Å²) in [5.41, 5.74) is 5.88. The summed E-state index contributed by atoms with van der Waals surface area (Å²) < 4.78 is 5.01. The van der Waals surface area contributed by atoms with Gasteiger partial charge in [0.25, 0.3) is 0 Å². The maximum absolute atomic E-state index is 5.88. The fourth-order valence-corrected chi connectivity index (χ4v) is 1.53. The molecule has 3 N–H and O–H groups in total. The van der Waals surface area contributed by atoms with Crippen LogP contribution in [0, 0.1) is 0 Å². The van der Waals surface area contributed by atoms with E-state index in [1.807, 2.05) is 0 Å². The van der Waals surface area contributed by atoms with E-state index in [1.54, 1.807) is 12.1 Å². The molecule has 0 spiro atoms. The molecule has 0 fully saturated rings. The van der Waals surface area contributed by atoms with Gasteiger partial charge < -0.3 is 15.8 Å². The van der Waals surface area contributed by atoms with Crippen molar-refractivity contribution in [1.82, 2.24) is 0 Å². The fraction of sp³-hybridized carbons (Fsp3) is 0.125. The van der Waals surface area contributed by atoms with E-state index in [0.29, 0.717) is 21.5 Å². The van der Waals surface area contributed by atoms with E-state index in [9.17, 15) is 0 Å². The molecule has 0 atom stereocenters. The lowest BCUT2D eigenvalue weighted by Gasteiger charge is -2.09. The molecule has 1 aromatic rings. The van der Waals surface area contributed by atoms with E-state index in [-0.39, 0.29) is 5.11 Å². The first-order valence-corrected chi connectivity index (χ1v) is 4.80. The standard InChI is InChI=1S/C8H8Cl2N2OS/c1-13-7-3-6(12-8(11)14)4(9)2-5(7)10/h2-3H,1H3,(H3,11,12,14). The Kier molecular flexibility index (Phi) is 3.80. The van der Waals surface area contributed by atoms with Crippen LogP contribution in [0.25, 0.3) is 0 Å². The summed E-state index contributed by atoms with van der Waals surface area (Å²) in [5, 5.41) is 3.72. The fourth-order valence-electron chi connectivity index (χ4n) is 0.914. The minimum absolute atomic E-state index is 0.135. The lowest BCUT2D eigenvalue weighted by atomic mass is 10.3. The van der Waals surface area contributed by atoms with E-state index in [1.165, 1.54) is 7.11 Å². The lowest BCUT2D eigenvalue weighted by molar-refractivity contribution is 0.415. The second-order valence-corrected chi connectivity index (χ2v) is 3.71. The van der Waals surface area contributed by atoms with E-state index >= 15 is 0 Å². The number of hydrogen-bond acceptors (Lipinski definition) is 2. The van der Waals surface area contributed by atoms with Gasteiger partial charge in [0, 0.05) is 6.07 Å². The topological polar surface area (TPSA) is 47.3 Å². The molecule has 0 bridgehead atoms. The van der Waals surface area contributed by atoms with Crippen LogP contribution in [0.4, 0.5) is 5.69 Å². The predicted molar refractivity (Wildman–Crippen MR) is 63.4 cm³/mol. The third-order valence-electron chi connectivity index (χ3n) is 1.50. The maximum atomic E-state index is 5.88. The molecule has 6 heteroatoms. The summed E-state index contributed by atoms with van der Waals surface area (Å²) in [6.07, 6.45) is 0. The molecule has 0 aliphatic heterocycles. The summed E-state index contributed by atoms with van der Waals surface area (Å²) in [6.45, 7) is 0. The number of nitrogens with one attached hydrogen (secondary N) is 1. The van der Waals surface area contributed by atoms with Crippen LogP contribution in [0.5, 0.6) is 5.75 Å². The first kappa shape index (κ1) is 11.4. The van der Waals surface area contributed by atoms with Gasteiger partial charge in [-0.2, -0.15) is 0 Å². The number of nitrogens with two attached hydrogens (primary N) is 1. The zero-order chi connectivity index (χ0) is 10.7. The molecule has 0 aromatic heterocycles. The van der Waals surface area contributed by atoms with Gasteiger partial charge >= 0.3 is 0 Å². The number of hydrogen-bond donors (Lipinski definition) is 2. The number of thiocarbonyl (C=S) groups is 1. The minimum atomic E-state index is 0.135. The van der Waals surface area contributed by atoms with Gasteiger partial charge in [0.1, 0.15) is 5.75 Å². The Morgan fingerprint density at radius 2 is 2.07 bits per heavy atom. The smallest absolute Gasteiger partial charge is 0.168 e. The molecule has 0 saturated heterocycles. The van der Waals surface area contributed by atoms with Gasteiger partial charge in [-0.3, -0.25) is 0 Å². The van der Waals surface area contributed by atoms with Crippen molar-refractivity contribution in [2.45, 2.75) is 0 Å². The summed E-state index contributed by atoms with van der Waals surface area (Å²) in [5.74, 6) is 0.509. The molecule has 0 saturated carbocycles. The molecule has 0 heterocycles. The van der Waals surface area contributed by atoms with E-state index in [0.717, 1.165) is 0 Å². The SMILES string of the molecule is COc1cc(NC(N)=S)c(Cl)cc1Cl. The van der Waals surface area contributed by atoms with Crippen LogP contribution in [-0.4, -0.2) is 12.2 Å². The van der Waals surface area contributed by atoms with Crippen LogP contribution >= 0.6 is 35.4 Å². The van der Waals surface area contributed by atoms with Crippen LogP contribution in [0.1, 0.15) is 0 Å². The van der Waals surface area contributed by atoms with Crippen molar-refractivity contribution in [1.29, 1.82) is 0 Å². The highest BCUT2D eigenvalue weighted by atomic mass is 35.5. The summed E-state index contributed by atoms with van der Waals surface area (Å²) in [4.78, 5) is 0. The van der Waals surface area contributed by atoms with Crippen molar-refractivity contribution < 1.29 is 4.74 Å². The Labute approximate surface area is 97.1 Å². The second-order valence-electron chi connectivity index (χ2n) is 2.46. The Bertz CT molecular complexity index is 371. The zero-order valence-electron chi connectivity index (χ0n) is 7.30. The largest absolute Gasteiger partial charge is 0.495 e. The Hall–Kier alpha value is -0.710. The average molecular weight is 251 g/mol. The summed E-state index contributed by atoms with van der Waals surface area (Å²) in [7, 11) is 1.51. The highest BCUT2D eigenvalue weighted by Gasteiger charge is 2.07. The van der Waals surface area contributed by atoms with Crippen molar-refractivity contribution in [3.8, 4) is 5.75 Å². The van der Waals surface area contributed by atoms with Crippen LogP contribution < -0.4 is 15.8 Å². The molecule has 1 rings (SSSR count). The molecule has 0 aliphatic rings. The van der Waals surface area contributed by atoms with Gasteiger partial charge in [0.05, 0.1) is 22.8 Å². The Morgan fingerprint density at radius 1 is 1.43 bits per heavy atom. The van der Waals surface area contributed by atoms with Gasteiger partial charge in [0.15, 0.2) is 5.11 Å². The maximum Gasteiger partial charge on any atom is 0.168 e. The molecule has 0 amide bonds. The molecule has 14 heavy (non-hydrogen) atoms. The number of halogens is 2. The van der Waals surface area contributed by atoms with Crippen molar-refractivity contribution in [3.63, 3.8) is 0 Å². The third-order valence-corrected chi connectivity index (χ3v) is 2.21. The Morgan fingerprint density at radius 3 is 2.57 bits per heavy atom. The van der Waals surface area contributed by atoms with Crippen molar-refractivity contribution >= 4 is 46.2 Å². The van der Waals surface area contributed by atoms with Gasteiger partial charge in [0.2, 0.25) is 0 Å². The number of methoxy groups -OCH3 is 1. The van der Waals surface area contributed by atoms with Gasteiger partial charge in [-0.15, -0.1) is 0 Å².